The van der Waals surface area contributed by atoms with E-state index in [-0.39, 0.29) is 5.04 Å². The molecule has 0 spiro atoms. The van der Waals surface area contributed by atoms with E-state index in [0.717, 1.165) is 21.2 Å². The van der Waals surface area contributed by atoms with Gasteiger partial charge in [-0.05, 0) is 31.1 Å². The van der Waals surface area contributed by atoms with Gasteiger partial charge in [-0.25, -0.2) is 14.8 Å². The van der Waals surface area contributed by atoms with Gasteiger partial charge in [0.2, 0.25) is 0 Å². The third-order valence-electron chi connectivity index (χ3n) is 5.11. The number of hydrogen-bond donors (Lipinski definition) is 1. The predicted molar refractivity (Wildman–Crippen MR) is 107 cm³/mol. The molecule has 0 aliphatic heterocycles. The second-order valence-corrected chi connectivity index (χ2v) is 12.9. The van der Waals surface area contributed by atoms with Crippen LogP contribution in [-0.2, 0) is 0 Å². The van der Waals surface area contributed by atoms with E-state index >= 15 is 0 Å². The minimum absolute atomic E-state index is 0.00392. The summed E-state index contributed by atoms with van der Waals surface area (Å²) in [5.41, 5.74) is 2.14. The highest BCUT2D eigenvalue weighted by Crippen LogP contribution is 2.41. The Morgan fingerprint density at radius 3 is 2.33 bits per heavy atom. The zero-order valence-corrected chi connectivity index (χ0v) is 17.4. The molecule has 0 unspecified atom stereocenters. The van der Waals surface area contributed by atoms with Crippen molar-refractivity contribution in [3.05, 3.63) is 36.5 Å². The summed E-state index contributed by atoms with van der Waals surface area (Å²) in [5.74, 6) is 1.31. The van der Waals surface area contributed by atoms with E-state index in [1.807, 2.05) is 13.0 Å². The van der Waals surface area contributed by atoms with Crippen LogP contribution in [0, 0.1) is 6.92 Å². The third-order valence-corrected chi connectivity index (χ3v) is 9.46. The SMILES string of the molecule is Cc1ncc(-c2cc3cnn(C(=O)O)c3cc2O[Si](C)(C)C(C)(C)C)cn1. The molecule has 0 bridgehead atoms. The monoisotopic (exact) mass is 384 g/mol. The predicted octanol–water partition coefficient (Wildman–Crippen LogP) is 4.71. The third kappa shape index (κ3) is 3.57. The molecule has 0 saturated carbocycles. The molecule has 8 heteroatoms. The summed E-state index contributed by atoms with van der Waals surface area (Å²) in [4.78, 5) is 20.0. The molecule has 0 aliphatic rings. The van der Waals surface area contributed by atoms with Gasteiger partial charge in [0, 0.05) is 35.0 Å². The molecule has 0 atom stereocenters. The fourth-order valence-corrected chi connectivity index (χ4v) is 3.50. The van der Waals surface area contributed by atoms with Gasteiger partial charge in [0.1, 0.15) is 11.6 Å². The van der Waals surface area contributed by atoms with Crippen LogP contribution >= 0.6 is 0 Å². The highest BCUT2D eigenvalue weighted by molar-refractivity contribution is 6.74. The average molecular weight is 385 g/mol. The summed E-state index contributed by atoms with van der Waals surface area (Å²) in [6.45, 7) is 12.6. The second-order valence-electron chi connectivity index (χ2n) is 8.13. The Hall–Kier alpha value is -2.74. The van der Waals surface area contributed by atoms with Gasteiger partial charge < -0.3 is 9.53 Å². The molecule has 7 nitrogen and oxygen atoms in total. The van der Waals surface area contributed by atoms with E-state index in [4.69, 9.17) is 4.43 Å². The Morgan fingerprint density at radius 2 is 1.78 bits per heavy atom. The van der Waals surface area contributed by atoms with Gasteiger partial charge in [0.05, 0.1) is 11.7 Å². The lowest BCUT2D eigenvalue weighted by molar-refractivity contribution is 0.194. The lowest BCUT2D eigenvalue weighted by atomic mass is 10.1. The number of aromatic nitrogens is 4. The normalized spacial score (nSPS) is 12.4. The minimum Gasteiger partial charge on any atom is -0.543 e. The van der Waals surface area contributed by atoms with Crippen molar-refractivity contribution >= 4 is 25.3 Å². The van der Waals surface area contributed by atoms with Gasteiger partial charge in [-0.15, -0.1) is 0 Å². The Bertz CT molecular complexity index is 1000. The molecule has 1 N–H and O–H groups in total. The van der Waals surface area contributed by atoms with E-state index in [0.29, 0.717) is 17.1 Å². The first kappa shape index (κ1) is 19.0. The molecule has 2 heterocycles. The molecular formula is C19H24N4O3Si. The smallest absolute Gasteiger partial charge is 0.432 e. The Morgan fingerprint density at radius 1 is 1.15 bits per heavy atom. The van der Waals surface area contributed by atoms with E-state index < -0.39 is 14.4 Å². The van der Waals surface area contributed by atoms with Crippen LogP contribution in [0.5, 0.6) is 5.75 Å². The number of carbonyl (C=O) groups is 1. The molecule has 0 aliphatic carbocycles. The maximum atomic E-state index is 11.5. The van der Waals surface area contributed by atoms with Crippen molar-refractivity contribution in [3.8, 4) is 16.9 Å². The largest absolute Gasteiger partial charge is 0.543 e. The number of aryl methyl sites for hydroxylation is 1. The molecule has 2 aromatic heterocycles. The van der Waals surface area contributed by atoms with Crippen molar-refractivity contribution in [2.45, 2.75) is 45.8 Å². The zero-order chi connectivity index (χ0) is 20.0. The number of hydrogen-bond acceptors (Lipinski definition) is 5. The summed E-state index contributed by atoms with van der Waals surface area (Å²) in [6.07, 6.45) is 3.92. The fraction of sp³-hybridized carbons (Fsp3) is 0.368. The number of fused-ring (bicyclic) bond motifs is 1. The van der Waals surface area contributed by atoms with Crippen molar-refractivity contribution in [1.82, 2.24) is 19.7 Å². The molecule has 0 saturated heterocycles. The Labute approximate surface area is 159 Å². The molecule has 0 amide bonds. The quantitative estimate of drug-likeness (QED) is 0.658. The minimum atomic E-state index is -2.15. The highest BCUT2D eigenvalue weighted by Gasteiger charge is 2.39. The van der Waals surface area contributed by atoms with E-state index in [9.17, 15) is 9.90 Å². The lowest BCUT2D eigenvalue weighted by Gasteiger charge is -2.37. The van der Waals surface area contributed by atoms with Crippen LogP contribution in [0.3, 0.4) is 0 Å². The summed E-state index contributed by atoms with van der Waals surface area (Å²) < 4.78 is 7.51. The van der Waals surface area contributed by atoms with Crippen molar-refractivity contribution in [1.29, 1.82) is 0 Å². The van der Waals surface area contributed by atoms with Crippen molar-refractivity contribution < 1.29 is 14.3 Å². The van der Waals surface area contributed by atoms with Gasteiger partial charge in [0.25, 0.3) is 8.32 Å². The molecule has 142 valence electrons. The first-order valence-electron chi connectivity index (χ1n) is 8.73. The van der Waals surface area contributed by atoms with Crippen LogP contribution in [0.2, 0.25) is 18.1 Å². The van der Waals surface area contributed by atoms with Crippen molar-refractivity contribution in [3.63, 3.8) is 0 Å². The summed E-state index contributed by atoms with van der Waals surface area (Å²) in [5, 5.41) is 14.1. The van der Waals surface area contributed by atoms with Crippen LogP contribution in [-0.4, -0.2) is 39.3 Å². The lowest BCUT2D eigenvalue weighted by Crippen LogP contribution is -2.44. The van der Waals surface area contributed by atoms with Gasteiger partial charge in [-0.1, -0.05) is 20.8 Å². The molecule has 3 aromatic rings. The number of rotatable bonds is 3. The molecule has 0 radical (unpaired) electrons. The second kappa shape index (κ2) is 6.45. The number of nitrogens with zero attached hydrogens (tertiary/aromatic N) is 4. The summed E-state index contributed by atoms with van der Waals surface area (Å²) >= 11 is 0. The van der Waals surface area contributed by atoms with Crippen LogP contribution in [0.15, 0.2) is 30.7 Å². The Balaban J connectivity index is 2.23. The van der Waals surface area contributed by atoms with Crippen LogP contribution in [0.1, 0.15) is 26.6 Å². The fourth-order valence-electron chi connectivity index (χ4n) is 2.48. The van der Waals surface area contributed by atoms with Gasteiger partial charge in [-0.2, -0.15) is 9.78 Å². The van der Waals surface area contributed by atoms with Crippen LogP contribution < -0.4 is 4.43 Å². The van der Waals surface area contributed by atoms with Gasteiger partial charge in [-0.3, -0.25) is 0 Å². The van der Waals surface area contributed by atoms with E-state index in [2.05, 4.69) is 48.9 Å². The van der Waals surface area contributed by atoms with E-state index in [1.54, 1.807) is 18.5 Å². The van der Waals surface area contributed by atoms with Gasteiger partial charge in [0.15, 0.2) is 0 Å². The highest BCUT2D eigenvalue weighted by atomic mass is 28.4. The maximum Gasteiger partial charge on any atom is 0.432 e. The zero-order valence-electron chi connectivity index (χ0n) is 16.4. The molecule has 3 rings (SSSR count). The average Bonchev–Trinajstić information content (AvgIpc) is 2.96. The van der Waals surface area contributed by atoms with Crippen molar-refractivity contribution in [2.75, 3.05) is 0 Å². The molecule has 1 aromatic carbocycles. The molecule has 27 heavy (non-hydrogen) atoms. The first-order chi connectivity index (χ1) is 12.5. The molecule has 0 fully saturated rings. The first-order valence-corrected chi connectivity index (χ1v) is 11.6. The topological polar surface area (TPSA) is 90.1 Å². The maximum absolute atomic E-state index is 11.5. The standard InChI is InChI=1S/C19H24N4O3Si/c1-12-20-9-14(10-21-12)15-7-13-11-22-23(18(24)25)16(13)8-17(15)26-27(5,6)19(2,3)4/h7-11H,1-6H3,(H,24,25). The van der Waals surface area contributed by atoms with Crippen LogP contribution in [0.25, 0.3) is 22.0 Å². The summed E-state index contributed by atoms with van der Waals surface area (Å²) in [6, 6.07) is 3.64. The number of benzene rings is 1. The van der Waals surface area contributed by atoms with E-state index in [1.165, 1.54) is 6.20 Å². The molecular weight excluding hydrogens is 360 g/mol. The number of carboxylic acid groups (broad SMARTS) is 1. The Kier molecular flexibility index (Phi) is 4.55. The van der Waals surface area contributed by atoms with Crippen molar-refractivity contribution in [2.24, 2.45) is 0 Å². The van der Waals surface area contributed by atoms with Gasteiger partial charge >= 0.3 is 6.09 Å². The van der Waals surface area contributed by atoms with Crippen LogP contribution in [0.4, 0.5) is 4.79 Å². The summed E-state index contributed by atoms with van der Waals surface area (Å²) in [7, 11) is -2.15.